The Balaban J connectivity index is 2.10. The molecule has 1 aliphatic rings. The Labute approximate surface area is 105 Å². The summed E-state index contributed by atoms with van der Waals surface area (Å²) in [6, 6.07) is 3.22. The van der Waals surface area contributed by atoms with Gasteiger partial charge in [0.2, 0.25) is 0 Å². The van der Waals surface area contributed by atoms with E-state index in [4.69, 9.17) is 4.74 Å². The van der Waals surface area contributed by atoms with Crippen molar-refractivity contribution >= 4 is 11.5 Å². The minimum atomic E-state index is -0.429. The third kappa shape index (κ3) is 2.57. The van der Waals surface area contributed by atoms with Crippen LogP contribution in [0.1, 0.15) is 5.69 Å². The van der Waals surface area contributed by atoms with Crippen molar-refractivity contribution in [3.8, 4) is 0 Å². The van der Waals surface area contributed by atoms with Crippen LogP contribution in [-0.2, 0) is 4.74 Å². The van der Waals surface area contributed by atoms with Crippen molar-refractivity contribution < 1.29 is 9.66 Å². The third-order valence-corrected chi connectivity index (χ3v) is 3.05. The minimum absolute atomic E-state index is 0.0355. The number of nitro groups is 1. The number of pyridine rings is 1. The molecular formula is C11H16N4O3. The van der Waals surface area contributed by atoms with Crippen LogP contribution in [0, 0.1) is 17.0 Å². The average Bonchev–Trinajstić information content (AvgIpc) is 2.76. The molecule has 0 aromatic carbocycles. The number of aromatic nitrogens is 1. The van der Waals surface area contributed by atoms with Gasteiger partial charge < -0.3 is 15.4 Å². The number of nitrogens with zero attached hydrogens (tertiary/aromatic N) is 2. The van der Waals surface area contributed by atoms with E-state index in [-0.39, 0.29) is 17.8 Å². The Morgan fingerprint density at radius 1 is 1.56 bits per heavy atom. The second-order valence-corrected chi connectivity index (χ2v) is 4.24. The molecule has 0 saturated carbocycles. The topological polar surface area (TPSA) is 89.3 Å². The van der Waals surface area contributed by atoms with E-state index in [1.54, 1.807) is 20.1 Å². The molecule has 98 valence electrons. The van der Waals surface area contributed by atoms with Crippen LogP contribution in [0.3, 0.4) is 0 Å². The van der Waals surface area contributed by atoms with Crippen molar-refractivity contribution in [2.24, 2.45) is 0 Å². The fourth-order valence-electron chi connectivity index (χ4n) is 2.06. The first kappa shape index (κ1) is 12.7. The summed E-state index contributed by atoms with van der Waals surface area (Å²) in [5.74, 6) is 0.633. The molecule has 2 atom stereocenters. The van der Waals surface area contributed by atoms with Gasteiger partial charge in [-0.2, -0.15) is 0 Å². The Hall–Kier alpha value is -1.73. The zero-order valence-electron chi connectivity index (χ0n) is 10.3. The summed E-state index contributed by atoms with van der Waals surface area (Å²) in [6.07, 6.45) is 0.0855. The molecular weight excluding hydrogens is 236 g/mol. The van der Waals surface area contributed by atoms with Gasteiger partial charge in [-0.15, -0.1) is 0 Å². The molecule has 1 aromatic heterocycles. The predicted octanol–water partition coefficient (Wildman–Crippen LogP) is 0.697. The fourth-order valence-corrected chi connectivity index (χ4v) is 2.06. The van der Waals surface area contributed by atoms with E-state index in [1.807, 2.05) is 0 Å². The average molecular weight is 252 g/mol. The summed E-state index contributed by atoms with van der Waals surface area (Å²) in [5.41, 5.74) is 0.443. The van der Waals surface area contributed by atoms with Crippen LogP contribution in [0.2, 0.25) is 0 Å². The molecule has 18 heavy (non-hydrogen) atoms. The first-order valence-corrected chi connectivity index (χ1v) is 5.74. The first-order valence-electron chi connectivity index (χ1n) is 5.74. The predicted molar refractivity (Wildman–Crippen MR) is 66.7 cm³/mol. The van der Waals surface area contributed by atoms with Gasteiger partial charge in [-0.25, -0.2) is 4.98 Å². The molecule has 0 radical (unpaired) electrons. The van der Waals surface area contributed by atoms with Crippen LogP contribution in [-0.4, -0.2) is 42.3 Å². The van der Waals surface area contributed by atoms with Gasteiger partial charge in [0.05, 0.1) is 17.1 Å². The van der Waals surface area contributed by atoms with Gasteiger partial charge in [-0.3, -0.25) is 10.1 Å². The van der Waals surface area contributed by atoms with Crippen LogP contribution in [0.25, 0.3) is 0 Å². The number of nitrogens with one attached hydrogen (secondary N) is 2. The molecule has 0 aliphatic carbocycles. The normalized spacial score (nSPS) is 23.0. The molecule has 2 N–H and O–H groups in total. The molecule has 2 rings (SSSR count). The van der Waals surface area contributed by atoms with Gasteiger partial charge >= 0.3 is 0 Å². The molecule has 0 amide bonds. The highest BCUT2D eigenvalue weighted by molar-refractivity contribution is 5.45. The highest BCUT2D eigenvalue weighted by Crippen LogP contribution is 2.19. The van der Waals surface area contributed by atoms with Crippen molar-refractivity contribution in [1.29, 1.82) is 0 Å². The number of aryl methyl sites for hydroxylation is 1. The number of hydrogen-bond acceptors (Lipinski definition) is 6. The van der Waals surface area contributed by atoms with Gasteiger partial charge in [-0.1, -0.05) is 0 Å². The maximum Gasteiger partial charge on any atom is 0.290 e. The maximum atomic E-state index is 10.7. The zero-order chi connectivity index (χ0) is 13.1. The van der Waals surface area contributed by atoms with E-state index in [0.29, 0.717) is 11.5 Å². The monoisotopic (exact) mass is 252 g/mol. The molecule has 1 aromatic rings. The van der Waals surface area contributed by atoms with E-state index in [9.17, 15) is 10.1 Å². The molecule has 0 spiro atoms. The lowest BCUT2D eigenvalue weighted by Gasteiger charge is -2.19. The van der Waals surface area contributed by atoms with Crippen molar-refractivity contribution in [3.05, 3.63) is 27.9 Å². The summed E-state index contributed by atoms with van der Waals surface area (Å²) in [6.45, 7) is 3.21. The smallest absolute Gasteiger partial charge is 0.290 e. The van der Waals surface area contributed by atoms with Crippen molar-refractivity contribution in [1.82, 2.24) is 10.3 Å². The van der Waals surface area contributed by atoms with Crippen LogP contribution >= 0.6 is 0 Å². The van der Waals surface area contributed by atoms with Crippen molar-refractivity contribution in [2.75, 3.05) is 25.5 Å². The summed E-state index contributed by atoms with van der Waals surface area (Å²) in [5, 5.41) is 17.1. The summed E-state index contributed by atoms with van der Waals surface area (Å²) < 4.78 is 5.33. The Morgan fingerprint density at radius 2 is 2.33 bits per heavy atom. The van der Waals surface area contributed by atoms with Gasteiger partial charge in [-0.05, 0) is 13.0 Å². The lowest BCUT2D eigenvalue weighted by atomic mass is 10.2. The SMILES string of the molecule is CO[C@H]1CNCC1Nc1ccc([N+](=O)[O-])c(C)n1. The van der Waals surface area contributed by atoms with E-state index in [2.05, 4.69) is 15.6 Å². The number of ether oxygens (including phenoxy) is 1. The number of rotatable bonds is 4. The van der Waals surface area contributed by atoms with Gasteiger partial charge in [0.15, 0.2) is 0 Å². The molecule has 1 aliphatic heterocycles. The largest absolute Gasteiger partial charge is 0.378 e. The Morgan fingerprint density at radius 3 is 2.94 bits per heavy atom. The number of anilines is 1. The van der Waals surface area contributed by atoms with Gasteiger partial charge in [0, 0.05) is 26.3 Å². The molecule has 1 saturated heterocycles. The van der Waals surface area contributed by atoms with Crippen molar-refractivity contribution in [3.63, 3.8) is 0 Å². The van der Waals surface area contributed by atoms with Crippen molar-refractivity contribution in [2.45, 2.75) is 19.1 Å². The molecule has 7 nitrogen and oxygen atoms in total. The summed E-state index contributed by atoms with van der Waals surface area (Å²) in [7, 11) is 1.67. The first-order chi connectivity index (χ1) is 8.61. The second kappa shape index (κ2) is 5.28. The van der Waals surface area contributed by atoms with E-state index in [1.165, 1.54) is 6.07 Å². The van der Waals surface area contributed by atoms with Crippen LogP contribution in [0.15, 0.2) is 12.1 Å². The second-order valence-electron chi connectivity index (χ2n) is 4.24. The highest BCUT2D eigenvalue weighted by Gasteiger charge is 2.27. The molecule has 0 bridgehead atoms. The minimum Gasteiger partial charge on any atom is -0.378 e. The van der Waals surface area contributed by atoms with E-state index >= 15 is 0 Å². The van der Waals surface area contributed by atoms with Crippen LogP contribution in [0.4, 0.5) is 11.5 Å². The Kier molecular flexibility index (Phi) is 3.73. The quantitative estimate of drug-likeness (QED) is 0.605. The third-order valence-electron chi connectivity index (χ3n) is 3.05. The van der Waals surface area contributed by atoms with Crippen LogP contribution in [0.5, 0.6) is 0 Å². The highest BCUT2D eigenvalue weighted by atomic mass is 16.6. The molecule has 2 heterocycles. The summed E-state index contributed by atoms with van der Waals surface area (Å²) in [4.78, 5) is 14.5. The number of hydrogen-bond donors (Lipinski definition) is 2. The summed E-state index contributed by atoms with van der Waals surface area (Å²) >= 11 is 0. The molecule has 1 unspecified atom stereocenters. The standard InChI is InChI=1S/C11H16N4O3/c1-7-9(15(16)17)3-4-11(13-7)14-8-5-12-6-10(8)18-2/h3-4,8,10,12H,5-6H2,1-2H3,(H,13,14)/t8?,10-/m0/s1. The number of methoxy groups -OCH3 is 1. The van der Waals surface area contributed by atoms with Gasteiger partial charge in [0.25, 0.3) is 5.69 Å². The van der Waals surface area contributed by atoms with Gasteiger partial charge in [0.1, 0.15) is 11.5 Å². The molecule has 1 fully saturated rings. The zero-order valence-corrected chi connectivity index (χ0v) is 10.3. The van der Waals surface area contributed by atoms with E-state index < -0.39 is 4.92 Å². The molecule has 7 heteroatoms. The fraction of sp³-hybridized carbons (Fsp3) is 0.545. The van der Waals surface area contributed by atoms with Crippen LogP contribution < -0.4 is 10.6 Å². The lowest BCUT2D eigenvalue weighted by molar-refractivity contribution is -0.385. The lowest BCUT2D eigenvalue weighted by Crippen LogP contribution is -2.33. The van der Waals surface area contributed by atoms with E-state index in [0.717, 1.165) is 13.1 Å². The maximum absolute atomic E-state index is 10.7. The Bertz CT molecular complexity index is 452.